The van der Waals surface area contributed by atoms with Crippen LogP contribution in [-0.4, -0.2) is 29.4 Å². The van der Waals surface area contributed by atoms with E-state index in [1.165, 1.54) is 4.90 Å². The maximum absolute atomic E-state index is 11.9. The first-order chi connectivity index (χ1) is 10.0. The Bertz CT molecular complexity index is 423. The number of hydrogen-bond acceptors (Lipinski definition) is 3. The number of carbonyl (C=O) groups excluding carboxylic acids is 1. The highest BCUT2D eigenvalue weighted by molar-refractivity contribution is 7.99. The minimum atomic E-state index is 0.0615. The maximum atomic E-state index is 11.9. The highest BCUT2D eigenvalue weighted by Crippen LogP contribution is 2.21. The van der Waals surface area contributed by atoms with Crippen LogP contribution in [0.15, 0.2) is 29.2 Å². The number of amides is 1. The SMILES string of the molecule is CC(C)C(CCO)NC(=O)CCCSc1ccc(Cl)cc1. The largest absolute Gasteiger partial charge is 0.396 e. The van der Waals surface area contributed by atoms with E-state index in [0.717, 1.165) is 17.2 Å². The Morgan fingerprint density at radius 3 is 2.57 bits per heavy atom. The Kier molecular flexibility index (Phi) is 8.81. The molecule has 0 fully saturated rings. The summed E-state index contributed by atoms with van der Waals surface area (Å²) in [4.78, 5) is 13.0. The summed E-state index contributed by atoms with van der Waals surface area (Å²) in [7, 11) is 0. The molecule has 0 aliphatic rings. The van der Waals surface area contributed by atoms with Gasteiger partial charge in [0.05, 0.1) is 0 Å². The van der Waals surface area contributed by atoms with Crippen LogP contribution in [0.2, 0.25) is 5.02 Å². The Morgan fingerprint density at radius 1 is 1.33 bits per heavy atom. The Morgan fingerprint density at radius 2 is 2.00 bits per heavy atom. The summed E-state index contributed by atoms with van der Waals surface area (Å²) < 4.78 is 0. The molecule has 21 heavy (non-hydrogen) atoms. The van der Waals surface area contributed by atoms with Crippen molar-refractivity contribution in [2.24, 2.45) is 5.92 Å². The fraction of sp³-hybridized carbons (Fsp3) is 0.562. The molecule has 1 aromatic carbocycles. The lowest BCUT2D eigenvalue weighted by Gasteiger charge is -2.21. The van der Waals surface area contributed by atoms with Gasteiger partial charge in [0.2, 0.25) is 5.91 Å². The molecule has 1 rings (SSSR count). The van der Waals surface area contributed by atoms with Crippen molar-refractivity contribution in [2.75, 3.05) is 12.4 Å². The molecule has 0 aromatic heterocycles. The van der Waals surface area contributed by atoms with Gasteiger partial charge in [-0.3, -0.25) is 4.79 Å². The van der Waals surface area contributed by atoms with Crippen LogP contribution in [0.5, 0.6) is 0 Å². The second-order valence-corrected chi connectivity index (χ2v) is 6.94. The zero-order chi connectivity index (χ0) is 15.7. The average molecular weight is 330 g/mol. The molecule has 3 nitrogen and oxygen atoms in total. The number of thioether (sulfide) groups is 1. The van der Waals surface area contributed by atoms with E-state index >= 15 is 0 Å². The lowest BCUT2D eigenvalue weighted by molar-refractivity contribution is -0.122. The van der Waals surface area contributed by atoms with Crippen LogP contribution in [0.1, 0.15) is 33.1 Å². The summed E-state index contributed by atoms with van der Waals surface area (Å²) in [5.41, 5.74) is 0. The average Bonchev–Trinajstić information content (AvgIpc) is 2.45. The summed E-state index contributed by atoms with van der Waals surface area (Å²) in [6.07, 6.45) is 1.97. The van der Waals surface area contributed by atoms with Crippen molar-refractivity contribution < 1.29 is 9.90 Å². The van der Waals surface area contributed by atoms with Gasteiger partial charge in [0.25, 0.3) is 0 Å². The molecule has 0 aliphatic carbocycles. The number of aliphatic hydroxyl groups excluding tert-OH is 1. The molecule has 118 valence electrons. The molecular weight excluding hydrogens is 306 g/mol. The Labute approximate surface area is 136 Å². The number of nitrogens with one attached hydrogen (secondary N) is 1. The molecule has 1 aromatic rings. The number of hydrogen-bond donors (Lipinski definition) is 2. The first kappa shape index (κ1) is 18.3. The highest BCUT2D eigenvalue weighted by atomic mass is 35.5. The van der Waals surface area contributed by atoms with Gasteiger partial charge in [0.1, 0.15) is 0 Å². The van der Waals surface area contributed by atoms with Crippen LogP contribution in [-0.2, 0) is 4.79 Å². The van der Waals surface area contributed by atoms with Gasteiger partial charge in [-0.15, -0.1) is 11.8 Å². The second kappa shape index (κ2) is 10.1. The predicted octanol–water partition coefficient (Wildman–Crippen LogP) is 3.74. The maximum Gasteiger partial charge on any atom is 0.220 e. The molecule has 1 atom stereocenters. The summed E-state index contributed by atoms with van der Waals surface area (Å²) in [6, 6.07) is 7.79. The molecule has 0 aliphatic heterocycles. The van der Waals surface area contributed by atoms with Gasteiger partial charge in [-0.05, 0) is 48.8 Å². The van der Waals surface area contributed by atoms with Gasteiger partial charge in [-0.1, -0.05) is 25.4 Å². The first-order valence-corrected chi connectivity index (χ1v) is 8.68. The van der Waals surface area contributed by atoms with E-state index in [-0.39, 0.29) is 18.6 Å². The fourth-order valence-corrected chi connectivity index (χ4v) is 2.92. The van der Waals surface area contributed by atoms with E-state index in [0.29, 0.717) is 18.8 Å². The summed E-state index contributed by atoms with van der Waals surface area (Å²) >= 11 is 7.56. The quantitative estimate of drug-likeness (QED) is 0.536. The van der Waals surface area contributed by atoms with E-state index < -0.39 is 0 Å². The highest BCUT2D eigenvalue weighted by Gasteiger charge is 2.15. The number of halogens is 1. The van der Waals surface area contributed by atoms with Gasteiger partial charge in [0.15, 0.2) is 0 Å². The van der Waals surface area contributed by atoms with Crippen molar-refractivity contribution in [3.63, 3.8) is 0 Å². The Balaban J connectivity index is 2.22. The number of carbonyl (C=O) groups is 1. The van der Waals surface area contributed by atoms with Gasteiger partial charge in [-0.25, -0.2) is 0 Å². The van der Waals surface area contributed by atoms with Gasteiger partial charge in [0, 0.05) is 29.0 Å². The zero-order valence-corrected chi connectivity index (χ0v) is 14.2. The van der Waals surface area contributed by atoms with Crippen LogP contribution < -0.4 is 5.32 Å². The van der Waals surface area contributed by atoms with Gasteiger partial charge >= 0.3 is 0 Å². The number of aliphatic hydroxyl groups is 1. The predicted molar refractivity (Wildman–Crippen MR) is 89.9 cm³/mol. The van der Waals surface area contributed by atoms with Crippen LogP contribution in [0.25, 0.3) is 0 Å². The van der Waals surface area contributed by atoms with Crippen molar-refractivity contribution in [1.82, 2.24) is 5.32 Å². The lowest BCUT2D eigenvalue weighted by Crippen LogP contribution is -2.39. The molecule has 0 bridgehead atoms. The molecule has 5 heteroatoms. The number of benzene rings is 1. The van der Waals surface area contributed by atoms with E-state index in [1.54, 1.807) is 11.8 Å². The molecule has 2 N–H and O–H groups in total. The molecule has 0 heterocycles. The van der Waals surface area contributed by atoms with E-state index in [1.807, 2.05) is 24.3 Å². The van der Waals surface area contributed by atoms with Crippen LogP contribution >= 0.6 is 23.4 Å². The molecule has 0 saturated carbocycles. The minimum absolute atomic E-state index is 0.0615. The van der Waals surface area contributed by atoms with Crippen molar-refractivity contribution in [3.8, 4) is 0 Å². The summed E-state index contributed by atoms with van der Waals surface area (Å²) in [5.74, 6) is 1.31. The summed E-state index contributed by atoms with van der Waals surface area (Å²) in [5, 5.41) is 12.7. The van der Waals surface area contributed by atoms with E-state index in [9.17, 15) is 4.79 Å². The van der Waals surface area contributed by atoms with Crippen molar-refractivity contribution in [1.29, 1.82) is 0 Å². The zero-order valence-electron chi connectivity index (χ0n) is 12.6. The third kappa shape index (κ3) is 7.74. The normalized spacial score (nSPS) is 12.4. The molecule has 1 unspecified atom stereocenters. The molecule has 1 amide bonds. The number of rotatable bonds is 9. The first-order valence-electron chi connectivity index (χ1n) is 7.31. The van der Waals surface area contributed by atoms with Crippen LogP contribution in [0, 0.1) is 5.92 Å². The monoisotopic (exact) mass is 329 g/mol. The lowest BCUT2D eigenvalue weighted by atomic mass is 10.0. The standard InChI is InChI=1S/C16H24ClNO2S/c1-12(2)15(9-10-19)18-16(20)4-3-11-21-14-7-5-13(17)6-8-14/h5-8,12,15,19H,3-4,9-11H2,1-2H3,(H,18,20). The molecule has 0 radical (unpaired) electrons. The van der Waals surface area contributed by atoms with E-state index in [4.69, 9.17) is 16.7 Å². The van der Waals surface area contributed by atoms with Crippen molar-refractivity contribution in [2.45, 2.75) is 44.0 Å². The fourth-order valence-electron chi connectivity index (χ4n) is 1.94. The molecular formula is C16H24ClNO2S. The van der Waals surface area contributed by atoms with Crippen LogP contribution in [0.3, 0.4) is 0 Å². The van der Waals surface area contributed by atoms with Crippen molar-refractivity contribution >= 4 is 29.3 Å². The second-order valence-electron chi connectivity index (χ2n) is 5.34. The minimum Gasteiger partial charge on any atom is -0.396 e. The van der Waals surface area contributed by atoms with Gasteiger partial charge in [-0.2, -0.15) is 0 Å². The third-order valence-corrected chi connectivity index (χ3v) is 4.57. The Hall–Kier alpha value is -0.710. The van der Waals surface area contributed by atoms with Crippen molar-refractivity contribution in [3.05, 3.63) is 29.3 Å². The molecule has 0 saturated heterocycles. The summed E-state index contributed by atoms with van der Waals surface area (Å²) in [6.45, 7) is 4.21. The molecule has 0 spiro atoms. The van der Waals surface area contributed by atoms with Crippen LogP contribution in [0.4, 0.5) is 0 Å². The van der Waals surface area contributed by atoms with E-state index in [2.05, 4.69) is 19.2 Å². The third-order valence-electron chi connectivity index (χ3n) is 3.22. The smallest absolute Gasteiger partial charge is 0.220 e. The topological polar surface area (TPSA) is 49.3 Å². The van der Waals surface area contributed by atoms with Gasteiger partial charge < -0.3 is 10.4 Å².